The van der Waals surface area contributed by atoms with Gasteiger partial charge in [0.1, 0.15) is 6.61 Å². The molecule has 0 radical (unpaired) electrons. The highest BCUT2D eigenvalue weighted by molar-refractivity contribution is 7.17. The molecule has 202 valence electrons. The highest BCUT2D eigenvalue weighted by Crippen LogP contribution is 2.38. The van der Waals surface area contributed by atoms with E-state index >= 15 is 0 Å². The Kier molecular flexibility index (Phi) is 8.75. The van der Waals surface area contributed by atoms with Crippen LogP contribution in [-0.2, 0) is 20.8 Å². The summed E-state index contributed by atoms with van der Waals surface area (Å²) >= 11 is 1.37. The summed E-state index contributed by atoms with van der Waals surface area (Å²) in [5.74, 6) is 3.45. The molecule has 1 aliphatic heterocycles. The quantitative estimate of drug-likeness (QED) is 0.294. The Morgan fingerprint density at radius 3 is 2.58 bits per heavy atom. The second-order valence-corrected chi connectivity index (χ2v) is 10.2. The van der Waals surface area contributed by atoms with E-state index in [0.717, 1.165) is 27.3 Å². The molecule has 1 fully saturated rings. The molecule has 2 N–H and O–H groups in total. The number of allylic oxidation sites excluding steroid dienone is 3. The van der Waals surface area contributed by atoms with E-state index in [-0.39, 0.29) is 12.0 Å². The molecule has 12 heteroatoms. The minimum atomic E-state index is -0.471. The lowest BCUT2D eigenvalue weighted by molar-refractivity contribution is -0.155. The maximum absolute atomic E-state index is 12.3. The maximum atomic E-state index is 12.3. The van der Waals surface area contributed by atoms with Gasteiger partial charge in [0.15, 0.2) is 5.13 Å². The second-order valence-electron chi connectivity index (χ2n) is 9.20. The molecule has 1 saturated heterocycles. The predicted octanol–water partition coefficient (Wildman–Crippen LogP) is 3.89. The van der Waals surface area contributed by atoms with Gasteiger partial charge in [-0.2, -0.15) is 0 Å². The van der Waals surface area contributed by atoms with Gasteiger partial charge in [-0.15, -0.1) is 0 Å². The number of hydrogen-bond donors (Lipinski definition) is 2. The van der Waals surface area contributed by atoms with Crippen LogP contribution >= 0.6 is 11.3 Å². The number of nitrogens with one attached hydrogen (secondary N) is 2. The van der Waals surface area contributed by atoms with Crippen LogP contribution in [0.2, 0.25) is 0 Å². The fourth-order valence-corrected chi connectivity index (χ4v) is 5.23. The van der Waals surface area contributed by atoms with Crippen molar-refractivity contribution >= 4 is 51.4 Å². The number of urea groups is 1. The molecule has 0 spiro atoms. The minimum absolute atomic E-state index is 0.136. The van der Waals surface area contributed by atoms with Gasteiger partial charge in [0.25, 0.3) is 0 Å². The molecule has 2 aromatic heterocycles. The van der Waals surface area contributed by atoms with E-state index in [0.29, 0.717) is 63.2 Å². The summed E-state index contributed by atoms with van der Waals surface area (Å²) in [6.07, 6.45) is 7.50. The van der Waals surface area contributed by atoms with E-state index in [1.165, 1.54) is 11.3 Å². The van der Waals surface area contributed by atoms with Crippen molar-refractivity contribution in [3.8, 4) is 0 Å². The normalized spacial score (nSPS) is 16.1. The van der Waals surface area contributed by atoms with Gasteiger partial charge < -0.3 is 19.8 Å². The molecule has 0 saturated carbocycles. The molecule has 4 rings (SSSR count). The standard InChI is InChI=1S/C26H33N7O4S/c1-5-27-24(35)32-25-31-20-13-17(12-18(21(20)38-25)16-30-37-7-3)19-14-28-23(29-15-19)33-10-8-26(4,9-11-33)22(34)36-6-2/h12,14-15H,5-11,13H2,1-4H3,(H2,27,31,32,35). The first kappa shape index (κ1) is 27.3. The number of carbonyl (C=O) groups excluding carboxylic acids is 2. The number of nitrogens with zero attached hydrogens (tertiary/aromatic N) is 5. The number of aromatic nitrogens is 3. The van der Waals surface area contributed by atoms with Crippen LogP contribution in [-0.4, -0.2) is 65.7 Å². The molecule has 0 aromatic carbocycles. The summed E-state index contributed by atoms with van der Waals surface area (Å²) in [5, 5.41) is 9.91. The van der Waals surface area contributed by atoms with Crippen LogP contribution in [0, 0.1) is 5.41 Å². The molecule has 2 aliphatic rings. The second kappa shape index (κ2) is 12.2. The van der Waals surface area contributed by atoms with E-state index in [1.807, 2.05) is 33.8 Å². The van der Waals surface area contributed by atoms with Gasteiger partial charge in [0.2, 0.25) is 5.95 Å². The van der Waals surface area contributed by atoms with E-state index in [1.54, 1.807) is 12.4 Å². The van der Waals surface area contributed by atoms with Crippen molar-refractivity contribution in [2.24, 2.45) is 10.6 Å². The zero-order valence-corrected chi connectivity index (χ0v) is 23.0. The highest BCUT2D eigenvalue weighted by Gasteiger charge is 2.38. The van der Waals surface area contributed by atoms with Crippen molar-refractivity contribution in [3.63, 3.8) is 0 Å². The summed E-state index contributed by atoms with van der Waals surface area (Å²) in [6, 6.07) is -0.301. The highest BCUT2D eigenvalue weighted by atomic mass is 32.1. The Labute approximate surface area is 226 Å². The molecule has 38 heavy (non-hydrogen) atoms. The predicted molar refractivity (Wildman–Crippen MR) is 147 cm³/mol. The zero-order chi connectivity index (χ0) is 27.1. The fraction of sp³-hybridized carbons (Fsp3) is 0.500. The molecule has 3 heterocycles. The average molecular weight is 540 g/mol. The third kappa shape index (κ3) is 6.20. The fourth-order valence-electron chi connectivity index (χ4n) is 4.28. The number of esters is 1. The van der Waals surface area contributed by atoms with Crippen LogP contribution in [0.4, 0.5) is 15.9 Å². The van der Waals surface area contributed by atoms with Gasteiger partial charge in [-0.25, -0.2) is 19.7 Å². The topological polar surface area (TPSA) is 131 Å². The Bertz CT molecular complexity index is 1260. The smallest absolute Gasteiger partial charge is 0.321 e. The van der Waals surface area contributed by atoms with Crippen molar-refractivity contribution in [3.05, 3.63) is 34.6 Å². The number of ether oxygens (including phenoxy) is 1. The minimum Gasteiger partial charge on any atom is -0.466 e. The van der Waals surface area contributed by atoms with E-state index in [4.69, 9.17) is 9.57 Å². The SMILES string of the molecule is CCNC(=O)Nc1nc2c(s1)C(=C=NOCC)C=C(c1cnc(N3CCC(C)(C(=O)OCC)CC3)nc1)C2. The van der Waals surface area contributed by atoms with Gasteiger partial charge in [-0.1, -0.05) is 11.3 Å². The number of hydrogen-bond acceptors (Lipinski definition) is 10. The summed E-state index contributed by atoms with van der Waals surface area (Å²) in [6.45, 7) is 10.2. The van der Waals surface area contributed by atoms with Crippen molar-refractivity contribution in [1.82, 2.24) is 20.3 Å². The van der Waals surface area contributed by atoms with E-state index < -0.39 is 5.41 Å². The van der Waals surface area contributed by atoms with Crippen molar-refractivity contribution < 1.29 is 19.2 Å². The summed E-state index contributed by atoms with van der Waals surface area (Å²) in [4.78, 5) is 46.3. The molecule has 1 aliphatic carbocycles. The summed E-state index contributed by atoms with van der Waals surface area (Å²) < 4.78 is 5.26. The maximum Gasteiger partial charge on any atom is 0.321 e. The van der Waals surface area contributed by atoms with Crippen LogP contribution < -0.4 is 15.5 Å². The van der Waals surface area contributed by atoms with Gasteiger partial charge in [0.05, 0.1) is 28.2 Å². The number of rotatable bonds is 8. The van der Waals surface area contributed by atoms with Crippen molar-refractivity contribution in [2.75, 3.05) is 43.1 Å². The van der Waals surface area contributed by atoms with Crippen LogP contribution in [0.15, 0.2) is 23.6 Å². The first-order chi connectivity index (χ1) is 18.4. The van der Waals surface area contributed by atoms with Crippen LogP contribution in [0.25, 0.3) is 11.1 Å². The van der Waals surface area contributed by atoms with Gasteiger partial charge in [0, 0.05) is 49.9 Å². The summed E-state index contributed by atoms with van der Waals surface area (Å²) in [7, 11) is 0. The number of carbonyl (C=O) groups is 2. The van der Waals surface area contributed by atoms with Crippen LogP contribution in [0.1, 0.15) is 56.7 Å². The van der Waals surface area contributed by atoms with Crippen LogP contribution in [0.5, 0.6) is 0 Å². The molecular weight excluding hydrogens is 506 g/mol. The largest absolute Gasteiger partial charge is 0.466 e. The number of piperidine rings is 1. The number of thiazole rings is 1. The zero-order valence-electron chi connectivity index (χ0n) is 22.2. The third-order valence-electron chi connectivity index (χ3n) is 6.46. The molecule has 11 nitrogen and oxygen atoms in total. The lowest BCUT2D eigenvalue weighted by Crippen LogP contribution is -2.44. The third-order valence-corrected chi connectivity index (χ3v) is 7.51. The lowest BCUT2D eigenvalue weighted by atomic mass is 9.80. The first-order valence-corrected chi connectivity index (χ1v) is 13.6. The van der Waals surface area contributed by atoms with Crippen LogP contribution in [0.3, 0.4) is 0 Å². The van der Waals surface area contributed by atoms with Crippen molar-refractivity contribution in [2.45, 2.75) is 47.0 Å². The van der Waals surface area contributed by atoms with E-state index in [9.17, 15) is 9.59 Å². The van der Waals surface area contributed by atoms with Gasteiger partial charge in [-0.05, 0) is 57.3 Å². The van der Waals surface area contributed by atoms with Gasteiger partial charge in [-0.3, -0.25) is 10.1 Å². The number of anilines is 2. The Morgan fingerprint density at radius 1 is 1.18 bits per heavy atom. The average Bonchev–Trinajstić information content (AvgIpc) is 3.32. The monoisotopic (exact) mass is 539 g/mol. The number of fused-ring (bicyclic) bond motifs is 1. The Hall–Kier alpha value is -3.76. The summed E-state index contributed by atoms with van der Waals surface area (Å²) in [5.41, 5.74) is 2.87. The van der Waals surface area contributed by atoms with E-state index in [2.05, 4.69) is 41.5 Å². The first-order valence-electron chi connectivity index (χ1n) is 12.8. The molecule has 0 atom stereocenters. The molecule has 2 aromatic rings. The Morgan fingerprint density at radius 2 is 1.92 bits per heavy atom. The molecular formula is C26H33N7O4S. The lowest BCUT2D eigenvalue weighted by Gasteiger charge is -2.37. The van der Waals surface area contributed by atoms with Crippen molar-refractivity contribution in [1.29, 1.82) is 0 Å². The Balaban J connectivity index is 1.51. The molecule has 0 unspecified atom stereocenters. The number of amides is 2. The molecule has 0 bridgehead atoms. The molecule has 2 amide bonds. The van der Waals surface area contributed by atoms with Gasteiger partial charge >= 0.3 is 12.0 Å².